The van der Waals surface area contributed by atoms with Crippen LogP contribution < -0.4 is 11.1 Å². The van der Waals surface area contributed by atoms with Gasteiger partial charge in [-0.3, -0.25) is 20.1 Å². The van der Waals surface area contributed by atoms with E-state index in [1.165, 1.54) is 0 Å². The molecule has 0 spiro atoms. The van der Waals surface area contributed by atoms with Crippen LogP contribution in [0.5, 0.6) is 0 Å². The summed E-state index contributed by atoms with van der Waals surface area (Å²) in [5, 5.41) is 12.1. The Morgan fingerprint density at radius 2 is 2.00 bits per heavy atom. The Labute approximate surface area is 196 Å². The summed E-state index contributed by atoms with van der Waals surface area (Å²) in [6.45, 7) is 2.28. The normalized spacial score (nSPS) is 16.5. The number of carbonyl (C=O) groups is 1. The highest BCUT2D eigenvalue weighted by atomic mass is 35.5. The molecule has 32 heavy (non-hydrogen) atoms. The first kappa shape index (κ1) is 22.3. The Morgan fingerprint density at radius 1 is 1.22 bits per heavy atom. The first-order valence-electron chi connectivity index (χ1n) is 10.3. The van der Waals surface area contributed by atoms with E-state index in [2.05, 4.69) is 15.2 Å². The first-order valence-corrected chi connectivity index (χ1v) is 11.7. The molecule has 1 unspecified atom stereocenters. The van der Waals surface area contributed by atoms with E-state index in [1.807, 2.05) is 24.3 Å². The van der Waals surface area contributed by atoms with Gasteiger partial charge in [0.05, 0.1) is 11.0 Å². The van der Waals surface area contributed by atoms with Crippen molar-refractivity contribution >= 4 is 46.4 Å². The van der Waals surface area contributed by atoms with Crippen molar-refractivity contribution in [2.75, 3.05) is 29.9 Å². The fraction of sp³-hybridized carbons (Fsp3) is 0.208. The van der Waals surface area contributed by atoms with Gasteiger partial charge in [-0.25, -0.2) is 0 Å². The fourth-order valence-corrected chi connectivity index (χ4v) is 4.99. The molecule has 1 aliphatic heterocycles. The fourth-order valence-electron chi connectivity index (χ4n) is 3.62. The highest BCUT2D eigenvalue weighted by molar-refractivity contribution is 8.00. The van der Waals surface area contributed by atoms with E-state index in [9.17, 15) is 4.79 Å². The lowest BCUT2D eigenvalue weighted by Crippen LogP contribution is -2.43. The molecular formula is C24H24ClN5OS. The molecule has 1 amide bonds. The van der Waals surface area contributed by atoms with Crippen LogP contribution in [0.2, 0.25) is 5.02 Å². The molecule has 2 aromatic carbocycles. The van der Waals surface area contributed by atoms with E-state index in [-0.39, 0.29) is 11.2 Å². The second-order valence-corrected chi connectivity index (χ2v) is 9.31. The van der Waals surface area contributed by atoms with Crippen LogP contribution in [-0.4, -0.2) is 45.6 Å². The monoisotopic (exact) mass is 465 g/mol. The van der Waals surface area contributed by atoms with Gasteiger partial charge >= 0.3 is 0 Å². The average Bonchev–Trinajstić information content (AvgIpc) is 2.82. The van der Waals surface area contributed by atoms with E-state index in [1.54, 1.807) is 54.5 Å². The highest BCUT2D eigenvalue weighted by Gasteiger charge is 2.27. The van der Waals surface area contributed by atoms with E-state index in [0.29, 0.717) is 34.8 Å². The van der Waals surface area contributed by atoms with Gasteiger partial charge in [-0.2, -0.15) is 0 Å². The predicted octanol–water partition coefficient (Wildman–Crippen LogP) is 4.29. The lowest BCUT2D eigenvalue weighted by Gasteiger charge is -2.31. The topological polar surface area (TPSA) is 95.1 Å². The zero-order valence-corrected chi connectivity index (χ0v) is 19.0. The van der Waals surface area contributed by atoms with Crippen molar-refractivity contribution in [1.82, 2.24) is 9.88 Å². The summed E-state index contributed by atoms with van der Waals surface area (Å²) < 4.78 is 0. The summed E-state index contributed by atoms with van der Waals surface area (Å²) in [7, 11) is 0. The quantitative estimate of drug-likeness (QED) is 0.373. The number of nitrogens with zero attached hydrogens (tertiary/aromatic N) is 2. The minimum atomic E-state index is -0.188. The third-order valence-corrected chi connectivity index (χ3v) is 6.91. The van der Waals surface area contributed by atoms with Crippen LogP contribution in [0.1, 0.15) is 16.7 Å². The molecule has 1 saturated heterocycles. The minimum absolute atomic E-state index is 0.0509. The van der Waals surface area contributed by atoms with Crippen LogP contribution in [0.4, 0.5) is 11.4 Å². The molecule has 164 valence electrons. The minimum Gasteiger partial charge on any atom is -0.398 e. The molecular weight excluding hydrogens is 442 g/mol. The third-order valence-electron chi connectivity index (χ3n) is 5.35. The molecule has 3 aromatic rings. The standard InChI is InChI=1S/C24H24ClN5OS/c25-20-4-2-1-3-17(20)14-30-11-12-32-22(15-30)24(31)29-18-5-6-21(26)19(13-18)23(27)16-7-9-28-10-8-16/h1-10,13,22,27H,11-12,14-15,26H2,(H,29,31). The largest absolute Gasteiger partial charge is 0.398 e. The van der Waals surface area contributed by atoms with Gasteiger partial charge in [-0.05, 0) is 42.0 Å². The van der Waals surface area contributed by atoms with Crippen LogP contribution in [0.3, 0.4) is 0 Å². The van der Waals surface area contributed by atoms with Gasteiger partial charge in [0.25, 0.3) is 0 Å². The van der Waals surface area contributed by atoms with Crippen molar-refractivity contribution in [3.8, 4) is 0 Å². The summed E-state index contributed by atoms with van der Waals surface area (Å²) in [6, 6.07) is 16.6. The number of halogens is 1. The number of anilines is 2. The van der Waals surface area contributed by atoms with Crippen LogP contribution in [-0.2, 0) is 11.3 Å². The van der Waals surface area contributed by atoms with Crippen molar-refractivity contribution in [3.63, 3.8) is 0 Å². The SMILES string of the molecule is N=C(c1ccncc1)c1cc(NC(=O)C2CN(Cc3ccccc3Cl)CCS2)ccc1N. The molecule has 1 aromatic heterocycles. The number of nitrogen functional groups attached to an aromatic ring is 1. The van der Waals surface area contributed by atoms with Gasteiger partial charge in [-0.15, -0.1) is 11.8 Å². The maximum absolute atomic E-state index is 13.0. The smallest absolute Gasteiger partial charge is 0.238 e. The number of nitrogens with one attached hydrogen (secondary N) is 2. The number of thioether (sulfide) groups is 1. The summed E-state index contributed by atoms with van der Waals surface area (Å²) in [5.41, 5.74) is 9.88. The number of hydrogen-bond acceptors (Lipinski definition) is 6. The van der Waals surface area contributed by atoms with Gasteiger partial charge < -0.3 is 11.1 Å². The molecule has 1 atom stereocenters. The first-order chi connectivity index (χ1) is 15.5. The summed E-state index contributed by atoms with van der Waals surface area (Å²) in [5.74, 6) is 0.826. The second kappa shape index (κ2) is 10.2. The number of amides is 1. The maximum atomic E-state index is 13.0. The second-order valence-electron chi connectivity index (χ2n) is 7.59. The number of rotatable bonds is 6. The molecule has 1 aliphatic rings. The van der Waals surface area contributed by atoms with Gasteiger partial charge in [0.1, 0.15) is 0 Å². The van der Waals surface area contributed by atoms with E-state index in [4.69, 9.17) is 22.7 Å². The molecule has 0 aliphatic carbocycles. The number of nitrogens with two attached hydrogens (primary N) is 1. The lowest BCUT2D eigenvalue weighted by atomic mass is 10.0. The van der Waals surface area contributed by atoms with Crippen molar-refractivity contribution in [2.45, 2.75) is 11.8 Å². The maximum Gasteiger partial charge on any atom is 0.238 e. The van der Waals surface area contributed by atoms with E-state index >= 15 is 0 Å². The van der Waals surface area contributed by atoms with E-state index < -0.39 is 0 Å². The summed E-state index contributed by atoms with van der Waals surface area (Å²) >= 11 is 7.96. The van der Waals surface area contributed by atoms with Crippen LogP contribution >= 0.6 is 23.4 Å². The molecule has 0 bridgehead atoms. The molecule has 4 N–H and O–H groups in total. The Bertz CT molecular complexity index is 1120. The van der Waals surface area contributed by atoms with Gasteiger partial charge in [0.2, 0.25) is 5.91 Å². The highest BCUT2D eigenvalue weighted by Crippen LogP contribution is 2.26. The number of carbonyl (C=O) groups excluding carboxylic acids is 1. The van der Waals surface area contributed by atoms with E-state index in [0.717, 1.165) is 29.4 Å². The zero-order chi connectivity index (χ0) is 22.5. The Morgan fingerprint density at radius 3 is 2.78 bits per heavy atom. The molecule has 6 nitrogen and oxygen atoms in total. The number of pyridine rings is 1. The molecule has 0 saturated carbocycles. The average molecular weight is 466 g/mol. The molecule has 8 heteroatoms. The van der Waals surface area contributed by atoms with Gasteiger partial charge in [-0.1, -0.05) is 29.8 Å². The Balaban J connectivity index is 1.43. The molecule has 1 fully saturated rings. The van der Waals surface area contributed by atoms with Crippen molar-refractivity contribution in [3.05, 3.63) is 88.7 Å². The van der Waals surface area contributed by atoms with Crippen LogP contribution in [0, 0.1) is 5.41 Å². The summed E-state index contributed by atoms with van der Waals surface area (Å²) in [6.07, 6.45) is 3.28. The predicted molar refractivity (Wildman–Crippen MR) is 133 cm³/mol. The third kappa shape index (κ3) is 5.30. The Kier molecular flexibility index (Phi) is 7.09. The van der Waals surface area contributed by atoms with Gasteiger partial charge in [0, 0.05) is 65.3 Å². The van der Waals surface area contributed by atoms with Gasteiger partial charge in [0.15, 0.2) is 0 Å². The van der Waals surface area contributed by atoms with Crippen molar-refractivity contribution < 1.29 is 4.79 Å². The zero-order valence-electron chi connectivity index (χ0n) is 17.4. The molecule has 2 heterocycles. The lowest BCUT2D eigenvalue weighted by molar-refractivity contribution is -0.116. The van der Waals surface area contributed by atoms with Crippen LogP contribution in [0.15, 0.2) is 67.0 Å². The number of aromatic nitrogens is 1. The molecule has 0 radical (unpaired) electrons. The van der Waals surface area contributed by atoms with Crippen molar-refractivity contribution in [2.24, 2.45) is 0 Å². The molecule has 4 rings (SSSR count). The number of hydrogen-bond donors (Lipinski definition) is 3. The van der Waals surface area contributed by atoms with Crippen LogP contribution in [0.25, 0.3) is 0 Å². The van der Waals surface area contributed by atoms with Crippen molar-refractivity contribution in [1.29, 1.82) is 5.41 Å². The summed E-state index contributed by atoms with van der Waals surface area (Å²) in [4.78, 5) is 19.2. The number of benzene rings is 2. The Hall–Kier alpha value is -2.87.